The van der Waals surface area contributed by atoms with Crippen LogP contribution in [0, 0.1) is 0 Å². The Morgan fingerprint density at radius 3 is 2.93 bits per heavy atom. The molecule has 1 unspecified atom stereocenters. The van der Waals surface area contributed by atoms with Gasteiger partial charge in [0, 0.05) is 35.3 Å². The first-order valence-electron chi connectivity index (χ1n) is 9.02. The van der Waals surface area contributed by atoms with Crippen LogP contribution < -0.4 is 0 Å². The summed E-state index contributed by atoms with van der Waals surface area (Å²) in [6.45, 7) is 2.20. The van der Waals surface area contributed by atoms with Gasteiger partial charge < -0.3 is 13.8 Å². The highest BCUT2D eigenvalue weighted by molar-refractivity contribution is 7.90. The van der Waals surface area contributed by atoms with Gasteiger partial charge in [0.15, 0.2) is 11.5 Å². The van der Waals surface area contributed by atoms with E-state index in [2.05, 4.69) is 15.2 Å². The van der Waals surface area contributed by atoms with Crippen LogP contribution in [0.3, 0.4) is 0 Å². The zero-order valence-electron chi connectivity index (χ0n) is 16.0. The Balaban J connectivity index is 1.79. The molecular weight excluding hydrogens is 412 g/mol. The first kappa shape index (κ1) is 19.9. The predicted octanol–water partition coefficient (Wildman–Crippen LogP) is 4.14. The third-order valence-electron chi connectivity index (χ3n) is 4.52. The largest absolute Gasteiger partial charge is 0.616 e. The number of nitrogens with zero attached hydrogens (tertiary/aromatic N) is 4. The Labute approximate surface area is 175 Å². The highest BCUT2D eigenvalue weighted by Gasteiger charge is 2.20. The van der Waals surface area contributed by atoms with Gasteiger partial charge in [0.05, 0.1) is 29.7 Å². The maximum atomic E-state index is 11.8. The van der Waals surface area contributed by atoms with Gasteiger partial charge in [0.2, 0.25) is 0 Å². The number of pyridine rings is 1. The molecule has 0 saturated carbocycles. The standard InChI is InChI=1S/C20H19ClN4O3S/c1-3-29(26)12-14-9-18(24-28-14)16-10-23-25(20(16)11-27-2)19-6-7-22-17-8-13(21)4-5-15(17)19/h4-10H,3,11-12H2,1-2H3. The molecule has 0 N–H and O–H groups in total. The number of hydrogen-bond acceptors (Lipinski definition) is 6. The van der Waals surface area contributed by atoms with E-state index in [-0.39, 0.29) is 0 Å². The summed E-state index contributed by atoms with van der Waals surface area (Å²) in [5, 5.41) is 10.3. The van der Waals surface area contributed by atoms with Crippen molar-refractivity contribution in [3.05, 3.63) is 59.2 Å². The van der Waals surface area contributed by atoms with Gasteiger partial charge in [0.25, 0.3) is 0 Å². The number of benzene rings is 1. The van der Waals surface area contributed by atoms with E-state index in [1.165, 1.54) is 0 Å². The van der Waals surface area contributed by atoms with E-state index in [1.54, 1.807) is 25.6 Å². The second-order valence-corrected chi connectivity index (χ2v) is 8.57. The molecule has 0 aliphatic rings. The van der Waals surface area contributed by atoms with Crippen LogP contribution >= 0.6 is 11.6 Å². The zero-order valence-corrected chi connectivity index (χ0v) is 17.5. The van der Waals surface area contributed by atoms with Gasteiger partial charge >= 0.3 is 0 Å². The molecule has 0 saturated heterocycles. The number of aromatic nitrogens is 4. The summed E-state index contributed by atoms with van der Waals surface area (Å²) in [6, 6.07) is 9.27. The second kappa shape index (κ2) is 8.54. The van der Waals surface area contributed by atoms with Crippen LogP contribution in [-0.4, -0.2) is 37.3 Å². The number of ether oxygens (including phenoxy) is 1. The van der Waals surface area contributed by atoms with Gasteiger partial charge in [-0.05, 0) is 42.4 Å². The Kier molecular flexibility index (Phi) is 5.86. The zero-order chi connectivity index (χ0) is 20.4. The summed E-state index contributed by atoms with van der Waals surface area (Å²) in [6.07, 6.45) is 3.45. The van der Waals surface area contributed by atoms with E-state index in [0.29, 0.717) is 34.6 Å². The topological polar surface area (TPSA) is 89.0 Å². The summed E-state index contributed by atoms with van der Waals surface area (Å²) in [4.78, 5) is 4.39. The van der Waals surface area contributed by atoms with Crippen molar-refractivity contribution in [3.8, 4) is 16.9 Å². The molecule has 4 aromatic rings. The molecule has 3 aromatic heterocycles. The van der Waals surface area contributed by atoms with Crippen LogP contribution in [-0.2, 0) is 28.3 Å². The Hall–Kier alpha value is -2.39. The molecule has 0 fully saturated rings. The number of hydrogen-bond donors (Lipinski definition) is 0. The molecule has 150 valence electrons. The summed E-state index contributed by atoms with van der Waals surface area (Å²) < 4.78 is 24.4. The molecule has 29 heavy (non-hydrogen) atoms. The highest BCUT2D eigenvalue weighted by atomic mass is 35.5. The molecule has 0 aliphatic heterocycles. The van der Waals surface area contributed by atoms with Crippen LogP contribution in [0.5, 0.6) is 0 Å². The SMILES string of the molecule is CC[S+]([O-])Cc1cc(-c2cnn(-c3ccnc4cc(Cl)ccc34)c2COC)no1. The lowest BCUT2D eigenvalue weighted by Gasteiger charge is -2.11. The van der Waals surface area contributed by atoms with Crippen molar-refractivity contribution in [2.75, 3.05) is 12.9 Å². The van der Waals surface area contributed by atoms with E-state index in [0.717, 1.165) is 27.8 Å². The third-order valence-corrected chi connectivity index (χ3v) is 6.01. The summed E-state index contributed by atoms with van der Waals surface area (Å²) in [5.41, 5.74) is 3.89. The average Bonchev–Trinajstić information content (AvgIpc) is 3.34. The number of halogens is 1. The van der Waals surface area contributed by atoms with Gasteiger partial charge in [-0.3, -0.25) is 4.98 Å². The maximum Gasteiger partial charge on any atom is 0.186 e. The van der Waals surface area contributed by atoms with Gasteiger partial charge in [0.1, 0.15) is 11.4 Å². The molecule has 3 heterocycles. The van der Waals surface area contributed by atoms with Crippen molar-refractivity contribution in [2.24, 2.45) is 0 Å². The lowest BCUT2D eigenvalue weighted by Crippen LogP contribution is -2.05. The van der Waals surface area contributed by atoms with Crippen molar-refractivity contribution in [1.29, 1.82) is 0 Å². The fraction of sp³-hybridized carbons (Fsp3) is 0.250. The number of rotatable bonds is 7. The molecule has 0 spiro atoms. The molecule has 1 atom stereocenters. The molecule has 0 amide bonds. The van der Waals surface area contributed by atoms with Gasteiger partial charge in [-0.25, -0.2) is 4.68 Å². The van der Waals surface area contributed by atoms with Gasteiger partial charge in [-0.1, -0.05) is 16.8 Å². The molecule has 0 aliphatic carbocycles. The first-order valence-corrected chi connectivity index (χ1v) is 10.9. The molecule has 1 aromatic carbocycles. The van der Waals surface area contributed by atoms with Gasteiger partial charge in [-0.2, -0.15) is 5.10 Å². The normalized spacial score (nSPS) is 12.6. The predicted molar refractivity (Wildman–Crippen MR) is 112 cm³/mol. The monoisotopic (exact) mass is 430 g/mol. The van der Waals surface area contributed by atoms with E-state index >= 15 is 0 Å². The quantitative estimate of drug-likeness (QED) is 0.409. The Morgan fingerprint density at radius 2 is 2.14 bits per heavy atom. The minimum atomic E-state index is -0.969. The van der Waals surface area contributed by atoms with Crippen LogP contribution in [0.25, 0.3) is 27.8 Å². The molecule has 0 radical (unpaired) electrons. The summed E-state index contributed by atoms with van der Waals surface area (Å²) in [7, 11) is 1.63. The van der Waals surface area contributed by atoms with Crippen LogP contribution in [0.15, 0.2) is 47.2 Å². The van der Waals surface area contributed by atoms with Crippen LogP contribution in [0.1, 0.15) is 18.4 Å². The van der Waals surface area contributed by atoms with Crippen LogP contribution in [0.4, 0.5) is 0 Å². The average molecular weight is 431 g/mol. The smallest absolute Gasteiger partial charge is 0.186 e. The lowest BCUT2D eigenvalue weighted by molar-refractivity contribution is 0.179. The molecule has 7 nitrogen and oxygen atoms in total. The Bertz CT molecular complexity index is 1140. The van der Waals surface area contributed by atoms with E-state index < -0.39 is 11.2 Å². The van der Waals surface area contributed by atoms with Crippen LogP contribution in [0.2, 0.25) is 5.02 Å². The second-order valence-electron chi connectivity index (χ2n) is 6.39. The van der Waals surface area contributed by atoms with E-state index in [1.807, 2.05) is 35.9 Å². The summed E-state index contributed by atoms with van der Waals surface area (Å²) >= 11 is 5.14. The van der Waals surface area contributed by atoms with Crippen molar-refractivity contribution in [3.63, 3.8) is 0 Å². The molecular formula is C20H19ClN4O3S. The number of fused-ring (bicyclic) bond motifs is 1. The van der Waals surface area contributed by atoms with Crippen molar-refractivity contribution in [1.82, 2.24) is 19.9 Å². The minimum Gasteiger partial charge on any atom is -0.616 e. The lowest BCUT2D eigenvalue weighted by atomic mass is 10.1. The maximum absolute atomic E-state index is 11.8. The van der Waals surface area contributed by atoms with E-state index in [9.17, 15) is 4.55 Å². The molecule has 9 heteroatoms. The van der Waals surface area contributed by atoms with Crippen molar-refractivity contribution >= 4 is 33.7 Å². The molecule has 0 bridgehead atoms. The first-order chi connectivity index (χ1) is 14.1. The van der Waals surface area contributed by atoms with Crippen molar-refractivity contribution < 1.29 is 13.8 Å². The summed E-state index contributed by atoms with van der Waals surface area (Å²) in [5.74, 6) is 1.50. The fourth-order valence-corrected chi connectivity index (χ4v) is 3.95. The Morgan fingerprint density at radius 1 is 1.28 bits per heavy atom. The van der Waals surface area contributed by atoms with Gasteiger partial charge in [-0.15, -0.1) is 0 Å². The van der Waals surface area contributed by atoms with E-state index in [4.69, 9.17) is 20.9 Å². The third kappa shape index (κ3) is 4.02. The highest BCUT2D eigenvalue weighted by Crippen LogP contribution is 2.30. The van der Waals surface area contributed by atoms with Crippen molar-refractivity contribution in [2.45, 2.75) is 19.3 Å². The number of methoxy groups -OCH3 is 1. The molecule has 4 rings (SSSR count). The minimum absolute atomic E-state index is 0.329. The fourth-order valence-electron chi connectivity index (χ4n) is 3.13.